The number of rotatable bonds is 7. The van der Waals surface area contributed by atoms with E-state index < -0.39 is 0 Å². The van der Waals surface area contributed by atoms with E-state index in [0.717, 1.165) is 32.0 Å². The first-order valence-electron chi connectivity index (χ1n) is 8.24. The average molecular weight is 290 g/mol. The number of para-hydroxylation sites is 1. The summed E-state index contributed by atoms with van der Waals surface area (Å²) < 4.78 is 6.01. The lowest BCUT2D eigenvalue weighted by atomic mass is 9.83. The molecule has 0 aliphatic carbocycles. The third kappa shape index (κ3) is 5.33. The normalized spacial score (nSPS) is 18.6. The van der Waals surface area contributed by atoms with Gasteiger partial charge in [0.05, 0.1) is 0 Å². The number of hydrogen-bond donors (Lipinski definition) is 1. The van der Waals surface area contributed by atoms with Crippen molar-refractivity contribution in [1.29, 1.82) is 0 Å². The summed E-state index contributed by atoms with van der Waals surface area (Å²) in [5.41, 5.74) is 1.77. The minimum absolute atomic E-state index is 0.524. The van der Waals surface area contributed by atoms with Crippen molar-refractivity contribution >= 4 is 0 Å². The van der Waals surface area contributed by atoms with E-state index in [1.54, 1.807) is 0 Å². The average Bonchev–Trinajstić information content (AvgIpc) is 2.48. The minimum Gasteiger partial charge on any atom is -0.492 e. The van der Waals surface area contributed by atoms with E-state index in [9.17, 15) is 0 Å². The highest BCUT2D eigenvalue weighted by Gasteiger charge is 2.24. The summed E-state index contributed by atoms with van der Waals surface area (Å²) in [5.74, 6) is 1.02. The summed E-state index contributed by atoms with van der Waals surface area (Å²) in [7, 11) is 0. The molecule has 2 rings (SSSR count). The van der Waals surface area contributed by atoms with Crippen molar-refractivity contribution in [1.82, 2.24) is 10.2 Å². The standard InChI is InChI=1S/C18H30N2O/c1-4-19-15-16-7-5-6-8-17(16)21-14-13-20-11-9-18(2,3)10-12-20/h5-8,19H,4,9-15H2,1-3H3. The first kappa shape index (κ1) is 16.3. The second kappa shape index (κ2) is 7.81. The molecule has 1 aliphatic heterocycles. The summed E-state index contributed by atoms with van der Waals surface area (Å²) in [5, 5.41) is 3.36. The lowest BCUT2D eigenvalue weighted by Gasteiger charge is -2.36. The third-order valence-electron chi connectivity index (χ3n) is 4.41. The molecule has 1 aromatic rings. The van der Waals surface area contributed by atoms with Crippen LogP contribution in [-0.2, 0) is 6.54 Å². The van der Waals surface area contributed by atoms with Crippen molar-refractivity contribution < 1.29 is 4.74 Å². The summed E-state index contributed by atoms with van der Waals surface area (Å²) in [6.45, 7) is 13.0. The molecule has 1 fully saturated rings. The number of nitrogens with one attached hydrogen (secondary N) is 1. The fourth-order valence-electron chi connectivity index (χ4n) is 2.72. The van der Waals surface area contributed by atoms with Gasteiger partial charge in [-0.25, -0.2) is 0 Å². The Morgan fingerprint density at radius 1 is 1.19 bits per heavy atom. The molecule has 1 saturated heterocycles. The smallest absolute Gasteiger partial charge is 0.123 e. The van der Waals surface area contributed by atoms with Crippen molar-refractivity contribution in [3.8, 4) is 5.75 Å². The van der Waals surface area contributed by atoms with Crippen molar-refractivity contribution in [2.24, 2.45) is 5.41 Å². The highest BCUT2D eigenvalue weighted by Crippen LogP contribution is 2.29. The number of hydrogen-bond acceptors (Lipinski definition) is 3. The van der Waals surface area contributed by atoms with Gasteiger partial charge in [0.25, 0.3) is 0 Å². The Balaban J connectivity index is 1.76. The summed E-state index contributed by atoms with van der Waals surface area (Å²) >= 11 is 0. The Kier molecular flexibility index (Phi) is 6.07. The predicted molar refractivity (Wildman–Crippen MR) is 88.8 cm³/mol. The van der Waals surface area contributed by atoms with Crippen molar-refractivity contribution in [3.63, 3.8) is 0 Å². The topological polar surface area (TPSA) is 24.5 Å². The Bertz CT molecular complexity index is 421. The van der Waals surface area contributed by atoms with E-state index in [-0.39, 0.29) is 0 Å². The zero-order valence-corrected chi connectivity index (χ0v) is 13.8. The fourth-order valence-corrected chi connectivity index (χ4v) is 2.72. The first-order chi connectivity index (χ1) is 10.1. The van der Waals surface area contributed by atoms with Gasteiger partial charge < -0.3 is 10.1 Å². The van der Waals surface area contributed by atoms with Gasteiger partial charge in [0.2, 0.25) is 0 Å². The summed E-state index contributed by atoms with van der Waals surface area (Å²) in [6.07, 6.45) is 2.59. The van der Waals surface area contributed by atoms with E-state index in [0.29, 0.717) is 5.41 Å². The van der Waals surface area contributed by atoms with Gasteiger partial charge in [0.1, 0.15) is 12.4 Å². The van der Waals surface area contributed by atoms with Crippen LogP contribution in [-0.4, -0.2) is 37.7 Å². The van der Waals surface area contributed by atoms with E-state index in [2.05, 4.69) is 49.2 Å². The van der Waals surface area contributed by atoms with Gasteiger partial charge in [-0.15, -0.1) is 0 Å². The third-order valence-corrected chi connectivity index (χ3v) is 4.41. The molecule has 3 heteroatoms. The number of likely N-dealkylation sites (tertiary alicyclic amines) is 1. The molecule has 1 aliphatic rings. The molecule has 0 atom stereocenters. The van der Waals surface area contributed by atoms with Crippen LogP contribution in [0.15, 0.2) is 24.3 Å². The first-order valence-corrected chi connectivity index (χ1v) is 8.24. The highest BCUT2D eigenvalue weighted by atomic mass is 16.5. The van der Waals surface area contributed by atoms with E-state index in [1.807, 2.05) is 6.07 Å². The molecule has 3 nitrogen and oxygen atoms in total. The zero-order valence-electron chi connectivity index (χ0n) is 13.8. The number of piperidine rings is 1. The van der Waals surface area contributed by atoms with E-state index >= 15 is 0 Å². The zero-order chi connectivity index (χ0) is 15.1. The van der Waals surface area contributed by atoms with Crippen LogP contribution in [0.4, 0.5) is 0 Å². The second-order valence-electron chi connectivity index (χ2n) is 6.74. The van der Waals surface area contributed by atoms with Crippen LogP contribution in [0.3, 0.4) is 0 Å². The lowest BCUT2D eigenvalue weighted by molar-refractivity contribution is 0.116. The number of ether oxygens (including phenoxy) is 1. The molecule has 118 valence electrons. The maximum absolute atomic E-state index is 6.01. The molecule has 0 unspecified atom stereocenters. The van der Waals surface area contributed by atoms with Gasteiger partial charge in [-0.2, -0.15) is 0 Å². The van der Waals surface area contributed by atoms with Crippen molar-refractivity contribution in [2.45, 2.75) is 40.2 Å². The van der Waals surface area contributed by atoms with Gasteiger partial charge in [-0.1, -0.05) is 39.0 Å². The van der Waals surface area contributed by atoms with Crippen LogP contribution in [0.1, 0.15) is 39.2 Å². The van der Waals surface area contributed by atoms with Crippen LogP contribution in [0.2, 0.25) is 0 Å². The number of benzene rings is 1. The molecular formula is C18H30N2O. The van der Waals surface area contributed by atoms with E-state index in [4.69, 9.17) is 4.74 Å². The van der Waals surface area contributed by atoms with Gasteiger partial charge in [0.15, 0.2) is 0 Å². The van der Waals surface area contributed by atoms with Crippen LogP contribution < -0.4 is 10.1 Å². The van der Waals surface area contributed by atoms with Gasteiger partial charge in [0, 0.05) is 18.7 Å². The SMILES string of the molecule is CCNCc1ccccc1OCCN1CCC(C)(C)CC1. The Morgan fingerprint density at radius 3 is 2.62 bits per heavy atom. The number of nitrogens with zero attached hydrogens (tertiary/aromatic N) is 1. The predicted octanol–water partition coefficient (Wildman–Crippen LogP) is 3.30. The molecule has 1 heterocycles. The van der Waals surface area contributed by atoms with Crippen LogP contribution >= 0.6 is 0 Å². The van der Waals surface area contributed by atoms with E-state index in [1.165, 1.54) is 31.5 Å². The Labute approximate surface area is 129 Å². The molecule has 1 aromatic carbocycles. The molecule has 0 amide bonds. The van der Waals surface area contributed by atoms with Gasteiger partial charge in [-0.3, -0.25) is 4.90 Å². The molecular weight excluding hydrogens is 260 g/mol. The maximum Gasteiger partial charge on any atom is 0.123 e. The van der Waals surface area contributed by atoms with Crippen molar-refractivity contribution in [3.05, 3.63) is 29.8 Å². The fraction of sp³-hybridized carbons (Fsp3) is 0.667. The lowest BCUT2D eigenvalue weighted by Crippen LogP contribution is -2.39. The van der Waals surface area contributed by atoms with Gasteiger partial charge >= 0.3 is 0 Å². The monoisotopic (exact) mass is 290 g/mol. The van der Waals surface area contributed by atoms with Crippen molar-refractivity contribution in [2.75, 3.05) is 32.8 Å². The van der Waals surface area contributed by atoms with Crippen LogP contribution in [0.25, 0.3) is 0 Å². The van der Waals surface area contributed by atoms with Crippen LogP contribution in [0, 0.1) is 5.41 Å². The summed E-state index contributed by atoms with van der Waals surface area (Å²) in [4.78, 5) is 2.53. The molecule has 1 N–H and O–H groups in total. The molecule has 0 aromatic heterocycles. The van der Waals surface area contributed by atoms with Crippen LogP contribution in [0.5, 0.6) is 5.75 Å². The Morgan fingerprint density at radius 2 is 1.90 bits per heavy atom. The molecule has 0 saturated carbocycles. The molecule has 0 spiro atoms. The summed E-state index contributed by atoms with van der Waals surface area (Å²) in [6, 6.07) is 8.34. The molecule has 0 bridgehead atoms. The quantitative estimate of drug-likeness (QED) is 0.834. The largest absolute Gasteiger partial charge is 0.492 e. The molecule has 21 heavy (non-hydrogen) atoms. The highest BCUT2D eigenvalue weighted by molar-refractivity contribution is 5.33. The second-order valence-corrected chi connectivity index (χ2v) is 6.74. The maximum atomic E-state index is 6.01. The van der Waals surface area contributed by atoms with Gasteiger partial charge in [-0.05, 0) is 44.0 Å². The Hall–Kier alpha value is -1.06. The minimum atomic E-state index is 0.524. The molecule has 0 radical (unpaired) electrons.